The van der Waals surface area contributed by atoms with Crippen LogP contribution in [-0.2, 0) is 14.8 Å². The van der Waals surface area contributed by atoms with Gasteiger partial charge in [-0.25, -0.2) is 8.42 Å². The molecule has 2 aromatic rings. The second-order valence-electron chi connectivity index (χ2n) is 6.00. The Morgan fingerprint density at radius 2 is 1.81 bits per heavy atom. The summed E-state index contributed by atoms with van der Waals surface area (Å²) in [5, 5.41) is 9.14. The highest BCUT2D eigenvalue weighted by molar-refractivity contribution is 7.92. The molecule has 0 saturated heterocycles. The topological polar surface area (TPSA) is 83.5 Å². The van der Waals surface area contributed by atoms with Gasteiger partial charge in [-0.15, -0.1) is 0 Å². The minimum absolute atomic E-state index is 0.000690. The number of carboxylic acids is 1. The Labute approximate surface area is 158 Å². The number of anilines is 1. The average Bonchev–Trinajstić information content (AvgIpc) is 2.52. The van der Waals surface area contributed by atoms with Gasteiger partial charge in [-0.05, 0) is 67.3 Å². The molecule has 0 spiro atoms. The highest BCUT2D eigenvalue weighted by Gasteiger charge is 2.16. The van der Waals surface area contributed by atoms with Crippen LogP contribution in [0.3, 0.4) is 0 Å². The quantitative estimate of drug-likeness (QED) is 0.717. The fourth-order valence-electron chi connectivity index (χ4n) is 2.47. The van der Waals surface area contributed by atoms with Crippen molar-refractivity contribution in [2.75, 3.05) is 4.72 Å². The van der Waals surface area contributed by atoms with Crippen LogP contribution < -0.4 is 4.72 Å². The van der Waals surface area contributed by atoms with Gasteiger partial charge >= 0.3 is 5.97 Å². The summed E-state index contributed by atoms with van der Waals surface area (Å²) in [6.07, 6.45) is 3.67. The van der Waals surface area contributed by atoms with Crippen molar-refractivity contribution in [2.45, 2.75) is 31.6 Å². The van der Waals surface area contributed by atoms with Crippen molar-refractivity contribution in [3.8, 4) is 0 Å². The van der Waals surface area contributed by atoms with Gasteiger partial charge < -0.3 is 5.11 Å². The van der Waals surface area contributed by atoms with E-state index in [9.17, 15) is 13.2 Å². The summed E-state index contributed by atoms with van der Waals surface area (Å²) in [5.41, 5.74) is 2.65. The highest BCUT2D eigenvalue weighted by Crippen LogP contribution is 2.26. The fraction of sp³-hybridized carbons (Fsp3) is 0.211. The SMILES string of the molecule is Cc1cc(C)cc(S(=O)(=O)Nc2ccc(Cl)cc2C=CCCC(=O)O)c1. The smallest absolute Gasteiger partial charge is 0.303 e. The first kappa shape index (κ1) is 20.0. The number of rotatable bonds is 7. The molecule has 0 bridgehead atoms. The molecule has 0 heterocycles. The van der Waals surface area contributed by atoms with Crippen LogP contribution in [0.2, 0.25) is 5.02 Å². The van der Waals surface area contributed by atoms with E-state index in [1.165, 1.54) is 0 Å². The second-order valence-corrected chi connectivity index (χ2v) is 8.11. The number of aryl methyl sites for hydroxylation is 2. The monoisotopic (exact) mass is 393 g/mol. The lowest BCUT2D eigenvalue weighted by Gasteiger charge is -2.12. The molecule has 0 radical (unpaired) electrons. The standard InChI is InChI=1S/C19H20ClNO4S/c1-13-9-14(2)11-17(10-13)26(24,25)21-18-8-7-16(20)12-15(18)5-3-4-6-19(22)23/h3,5,7-12,21H,4,6H2,1-2H3,(H,22,23). The minimum atomic E-state index is -3.76. The third-order valence-corrected chi connectivity index (χ3v) is 5.17. The molecule has 0 aliphatic heterocycles. The van der Waals surface area contributed by atoms with Crippen molar-refractivity contribution in [3.63, 3.8) is 0 Å². The van der Waals surface area contributed by atoms with Crippen molar-refractivity contribution < 1.29 is 18.3 Å². The predicted octanol–water partition coefficient (Wildman–Crippen LogP) is 4.64. The first-order valence-electron chi connectivity index (χ1n) is 7.96. The normalized spacial score (nSPS) is 11.7. The zero-order valence-corrected chi connectivity index (χ0v) is 16.1. The number of nitrogens with one attached hydrogen (secondary N) is 1. The van der Waals surface area contributed by atoms with Crippen LogP contribution in [0.5, 0.6) is 0 Å². The molecule has 0 aliphatic carbocycles. The highest BCUT2D eigenvalue weighted by atomic mass is 35.5. The fourth-order valence-corrected chi connectivity index (χ4v) is 3.93. The Balaban J connectivity index is 2.31. The lowest BCUT2D eigenvalue weighted by atomic mass is 10.1. The van der Waals surface area contributed by atoms with Crippen LogP contribution in [0.1, 0.15) is 29.5 Å². The Hall–Kier alpha value is -2.31. The number of carboxylic acid groups (broad SMARTS) is 1. The molecular formula is C19H20ClNO4S. The molecule has 0 unspecified atom stereocenters. The number of benzene rings is 2. The second kappa shape index (κ2) is 8.38. The van der Waals surface area contributed by atoms with E-state index < -0.39 is 16.0 Å². The Morgan fingerprint density at radius 1 is 1.15 bits per heavy atom. The zero-order valence-electron chi connectivity index (χ0n) is 14.5. The molecule has 0 amide bonds. The van der Waals surface area contributed by atoms with E-state index in [4.69, 9.17) is 16.7 Å². The summed E-state index contributed by atoms with van der Waals surface area (Å²) in [7, 11) is -3.76. The van der Waals surface area contributed by atoms with Crippen LogP contribution >= 0.6 is 11.6 Å². The van der Waals surface area contributed by atoms with E-state index in [0.717, 1.165) is 11.1 Å². The van der Waals surface area contributed by atoms with Crippen LogP contribution in [-0.4, -0.2) is 19.5 Å². The molecule has 2 rings (SSSR count). The molecule has 0 aliphatic rings. The number of allylic oxidation sites excluding steroid dienone is 1. The van der Waals surface area contributed by atoms with Gasteiger partial charge in [0.05, 0.1) is 10.6 Å². The van der Waals surface area contributed by atoms with Gasteiger partial charge in [0, 0.05) is 11.4 Å². The lowest BCUT2D eigenvalue weighted by molar-refractivity contribution is -0.136. The average molecular weight is 394 g/mol. The number of hydrogen-bond donors (Lipinski definition) is 2. The number of carbonyl (C=O) groups is 1. The summed E-state index contributed by atoms with van der Waals surface area (Å²) in [6, 6.07) is 9.91. The molecule has 26 heavy (non-hydrogen) atoms. The van der Waals surface area contributed by atoms with Crippen LogP contribution in [0.4, 0.5) is 5.69 Å². The molecule has 138 valence electrons. The maximum absolute atomic E-state index is 12.7. The molecular weight excluding hydrogens is 374 g/mol. The maximum Gasteiger partial charge on any atom is 0.303 e. The third-order valence-electron chi connectivity index (χ3n) is 3.59. The minimum Gasteiger partial charge on any atom is -0.481 e. The summed E-state index contributed by atoms with van der Waals surface area (Å²) in [6.45, 7) is 3.68. The van der Waals surface area contributed by atoms with Crippen molar-refractivity contribution in [1.82, 2.24) is 0 Å². The van der Waals surface area contributed by atoms with Gasteiger partial charge in [0.1, 0.15) is 0 Å². The summed E-state index contributed by atoms with van der Waals surface area (Å²) in [5.74, 6) is -0.892. The largest absolute Gasteiger partial charge is 0.481 e. The maximum atomic E-state index is 12.7. The van der Waals surface area contributed by atoms with Crippen molar-refractivity contribution in [2.24, 2.45) is 0 Å². The van der Waals surface area contributed by atoms with Crippen LogP contribution in [0.25, 0.3) is 6.08 Å². The van der Waals surface area contributed by atoms with Gasteiger partial charge in [-0.2, -0.15) is 0 Å². The van der Waals surface area contributed by atoms with E-state index in [1.54, 1.807) is 42.5 Å². The number of hydrogen-bond acceptors (Lipinski definition) is 3. The Kier molecular flexibility index (Phi) is 6.45. The van der Waals surface area contributed by atoms with E-state index in [2.05, 4.69) is 4.72 Å². The molecule has 0 fully saturated rings. The first-order valence-corrected chi connectivity index (χ1v) is 9.82. The number of sulfonamides is 1. The van der Waals surface area contributed by atoms with E-state index >= 15 is 0 Å². The first-order chi connectivity index (χ1) is 12.2. The van der Waals surface area contributed by atoms with Crippen LogP contribution in [0.15, 0.2) is 47.4 Å². The Bertz CT molecular complexity index is 932. The molecule has 0 atom stereocenters. The third kappa shape index (κ3) is 5.61. The van der Waals surface area contributed by atoms with Crippen molar-refractivity contribution >= 4 is 39.4 Å². The van der Waals surface area contributed by atoms with Gasteiger partial charge in [0.15, 0.2) is 0 Å². The molecule has 5 nitrogen and oxygen atoms in total. The molecule has 0 aromatic heterocycles. The molecule has 2 aromatic carbocycles. The van der Waals surface area contributed by atoms with Crippen molar-refractivity contribution in [1.29, 1.82) is 0 Å². The number of halogens is 1. The summed E-state index contributed by atoms with van der Waals surface area (Å²) < 4.78 is 28.0. The molecule has 0 saturated carbocycles. The van der Waals surface area contributed by atoms with Crippen molar-refractivity contribution in [3.05, 3.63) is 64.2 Å². The van der Waals surface area contributed by atoms with E-state index in [-0.39, 0.29) is 11.3 Å². The molecule has 7 heteroatoms. The van der Waals surface area contributed by atoms with Gasteiger partial charge in [0.25, 0.3) is 10.0 Å². The van der Waals surface area contributed by atoms with E-state index in [1.807, 2.05) is 19.9 Å². The van der Waals surface area contributed by atoms with Gasteiger partial charge in [-0.1, -0.05) is 29.8 Å². The predicted molar refractivity (Wildman–Crippen MR) is 104 cm³/mol. The van der Waals surface area contributed by atoms with Gasteiger partial charge in [0.2, 0.25) is 0 Å². The molecule has 2 N–H and O–H groups in total. The van der Waals surface area contributed by atoms with Crippen LogP contribution in [0, 0.1) is 13.8 Å². The van der Waals surface area contributed by atoms with E-state index in [0.29, 0.717) is 22.7 Å². The Morgan fingerprint density at radius 3 is 2.42 bits per heavy atom. The lowest BCUT2D eigenvalue weighted by Crippen LogP contribution is -2.14. The summed E-state index contributed by atoms with van der Waals surface area (Å²) in [4.78, 5) is 10.8. The van der Waals surface area contributed by atoms with Gasteiger partial charge in [-0.3, -0.25) is 9.52 Å². The summed E-state index contributed by atoms with van der Waals surface area (Å²) >= 11 is 6.00. The zero-order chi connectivity index (χ0) is 19.3. The number of aliphatic carboxylic acids is 1.